The van der Waals surface area contributed by atoms with Crippen LogP contribution in [0, 0.1) is 17.6 Å². The highest BCUT2D eigenvalue weighted by atomic mass is 32.1. The van der Waals surface area contributed by atoms with E-state index in [1.807, 2.05) is 17.5 Å². The number of hydrogen-bond acceptors (Lipinski definition) is 3. The zero-order valence-electron chi connectivity index (χ0n) is 11.7. The van der Waals surface area contributed by atoms with Gasteiger partial charge in [0.1, 0.15) is 17.2 Å². The molecule has 3 rings (SSSR count). The summed E-state index contributed by atoms with van der Waals surface area (Å²) in [6, 6.07) is 6.47. The van der Waals surface area contributed by atoms with Crippen LogP contribution in [0.25, 0.3) is 0 Å². The fourth-order valence-corrected chi connectivity index (χ4v) is 3.41. The van der Waals surface area contributed by atoms with Gasteiger partial charge in [0.2, 0.25) is 0 Å². The fraction of sp³-hybridized carbons (Fsp3) is 0.312. The van der Waals surface area contributed by atoms with Gasteiger partial charge in [0.15, 0.2) is 0 Å². The first-order valence-corrected chi connectivity index (χ1v) is 7.88. The number of amides is 1. The lowest BCUT2D eigenvalue weighted by molar-refractivity contribution is 0.0168. The minimum absolute atomic E-state index is 0.00777. The minimum atomic E-state index is -1.12. The second-order valence-electron chi connectivity index (χ2n) is 5.48. The summed E-state index contributed by atoms with van der Waals surface area (Å²) < 4.78 is 26.5. The van der Waals surface area contributed by atoms with Gasteiger partial charge >= 0.3 is 0 Å². The Hall–Kier alpha value is -1.79. The number of rotatable bonds is 5. The van der Waals surface area contributed by atoms with Crippen molar-refractivity contribution in [3.63, 3.8) is 0 Å². The lowest BCUT2D eigenvalue weighted by Gasteiger charge is -2.27. The second kappa shape index (κ2) is 5.78. The molecule has 1 aliphatic rings. The highest BCUT2D eigenvalue weighted by molar-refractivity contribution is 7.10. The Bertz CT molecular complexity index is 685. The predicted octanol–water partition coefficient (Wildman–Crippen LogP) is 3.05. The molecule has 22 heavy (non-hydrogen) atoms. The van der Waals surface area contributed by atoms with Crippen molar-refractivity contribution in [3.8, 4) is 0 Å². The predicted molar refractivity (Wildman–Crippen MR) is 79.6 cm³/mol. The average molecular weight is 323 g/mol. The van der Waals surface area contributed by atoms with Crippen molar-refractivity contribution in [3.05, 3.63) is 57.8 Å². The largest absolute Gasteiger partial charge is 0.382 e. The maximum absolute atomic E-state index is 13.6. The smallest absolute Gasteiger partial charge is 0.254 e. The number of carbonyl (C=O) groups is 1. The Labute approximate surface area is 130 Å². The van der Waals surface area contributed by atoms with E-state index in [-0.39, 0.29) is 18.0 Å². The van der Waals surface area contributed by atoms with Gasteiger partial charge in [-0.25, -0.2) is 8.78 Å². The lowest BCUT2D eigenvalue weighted by Crippen LogP contribution is -2.42. The molecule has 1 amide bonds. The zero-order valence-corrected chi connectivity index (χ0v) is 12.5. The Morgan fingerprint density at radius 2 is 2.14 bits per heavy atom. The summed E-state index contributed by atoms with van der Waals surface area (Å²) in [6.07, 6.45) is 1.80. The Balaban J connectivity index is 1.74. The molecule has 6 heteroatoms. The third-order valence-corrected chi connectivity index (χ3v) is 4.93. The van der Waals surface area contributed by atoms with E-state index in [9.17, 15) is 18.7 Å². The Morgan fingerprint density at radius 3 is 2.73 bits per heavy atom. The van der Waals surface area contributed by atoms with Crippen molar-refractivity contribution in [2.75, 3.05) is 6.54 Å². The number of carbonyl (C=O) groups excluding carboxylic acids is 1. The summed E-state index contributed by atoms with van der Waals surface area (Å²) >= 11 is 1.43. The first kappa shape index (κ1) is 15.1. The molecule has 1 fully saturated rings. The molecule has 0 bridgehead atoms. The van der Waals surface area contributed by atoms with Gasteiger partial charge in [-0.1, -0.05) is 6.07 Å². The van der Waals surface area contributed by atoms with Crippen molar-refractivity contribution < 1.29 is 18.7 Å². The van der Waals surface area contributed by atoms with E-state index >= 15 is 0 Å². The van der Waals surface area contributed by atoms with Crippen LogP contribution in [0.4, 0.5) is 8.78 Å². The first-order valence-electron chi connectivity index (χ1n) is 7.00. The zero-order chi connectivity index (χ0) is 15.7. The molecule has 1 saturated carbocycles. The van der Waals surface area contributed by atoms with Gasteiger partial charge in [-0.2, -0.15) is 0 Å². The number of halogens is 2. The van der Waals surface area contributed by atoms with Gasteiger partial charge in [0.05, 0.1) is 12.1 Å². The summed E-state index contributed by atoms with van der Waals surface area (Å²) in [4.78, 5) is 12.8. The molecule has 1 aliphatic carbocycles. The summed E-state index contributed by atoms with van der Waals surface area (Å²) in [5.41, 5.74) is -1.36. The van der Waals surface area contributed by atoms with Crippen LogP contribution >= 0.6 is 11.3 Å². The van der Waals surface area contributed by atoms with Gasteiger partial charge in [-0.15, -0.1) is 11.3 Å². The minimum Gasteiger partial charge on any atom is -0.382 e. The molecular weight excluding hydrogens is 308 g/mol. The first-order chi connectivity index (χ1) is 10.5. The highest BCUT2D eigenvalue weighted by Gasteiger charge is 2.46. The van der Waals surface area contributed by atoms with Gasteiger partial charge < -0.3 is 10.4 Å². The van der Waals surface area contributed by atoms with Crippen LogP contribution in [0.15, 0.2) is 35.7 Å². The maximum atomic E-state index is 13.6. The molecule has 1 aromatic carbocycles. The number of aliphatic hydroxyl groups is 1. The highest BCUT2D eigenvalue weighted by Crippen LogP contribution is 2.46. The molecule has 2 N–H and O–H groups in total. The van der Waals surface area contributed by atoms with Crippen molar-refractivity contribution in [1.82, 2.24) is 5.32 Å². The average Bonchev–Trinajstić information content (AvgIpc) is 3.20. The van der Waals surface area contributed by atoms with E-state index in [4.69, 9.17) is 0 Å². The molecule has 1 heterocycles. The van der Waals surface area contributed by atoms with E-state index < -0.39 is 23.1 Å². The van der Waals surface area contributed by atoms with E-state index in [2.05, 4.69) is 5.32 Å². The molecular formula is C16H15F2NO2S. The van der Waals surface area contributed by atoms with Crippen LogP contribution in [-0.2, 0) is 5.60 Å². The van der Waals surface area contributed by atoms with Crippen LogP contribution in [0.2, 0.25) is 0 Å². The summed E-state index contributed by atoms with van der Waals surface area (Å²) in [5, 5.41) is 15.3. The van der Waals surface area contributed by atoms with Crippen LogP contribution in [0.3, 0.4) is 0 Å². The molecule has 2 aromatic rings. The molecule has 0 saturated heterocycles. The van der Waals surface area contributed by atoms with Crippen LogP contribution in [-0.4, -0.2) is 17.6 Å². The third kappa shape index (κ3) is 2.89. The summed E-state index contributed by atoms with van der Waals surface area (Å²) in [5.74, 6) is -2.21. The van der Waals surface area contributed by atoms with Gasteiger partial charge in [-0.05, 0) is 42.3 Å². The van der Waals surface area contributed by atoms with Crippen molar-refractivity contribution in [2.24, 2.45) is 5.92 Å². The lowest BCUT2D eigenvalue weighted by atomic mass is 9.95. The van der Waals surface area contributed by atoms with Crippen molar-refractivity contribution >= 4 is 17.2 Å². The normalized spacial score (nSPS) is 17.0. The quantitative estimate of drug-likeness (QED) is 0.888. The van der Waals surface area contributed by atoms with Crippen LogP contribution in [0.5, 0.6) is 0 Å². The number of benzene rings is 1. The van der Waals surface area contributed by atoms with Gasteiger partial charge in [-0.3, -0.25) is 4.79 Å². The summed E-state index contributed by atoms with van der Waals surface area (Å²) in [7, 11) is 0. The van der Waals surface area contributed by atoms with Crippen LogP contribution in [0.1, 0.15) is 28.1 Å². The number of hydrogen-bond donors (Lipinski definition) is 2. The van der Waals surface area contributed by atoms with Crippen LogP contribution < -0.4 is 5.32 Å². The van der Waals surface area contributed by atoms with Gasteiger partial charge in [0, 0.05) is 10.9 Å². The molecule has 1 atom stereocenters. The Kier molecular flexibility index (Phi) is 3.97. The summed E-state index contributed by atoms with van der Waals surface area (Å²) in [6.45, 7) is 0.00777. The second-order valence-corrected chi connectivity index (χ2v) is 6.43. The van der Waals surface area contributed by atoms with E-state index in [0.29, 0.717) is 6.07 Å². The molecule has 3 nitrogen and oxygen atoms in total. The van der Waals surface area contributed by atoms with E-state index in [1.165, 1.54) is 11.3 Å². The van der Waals surface area contributed by atoms with E-state index in [1.54, 1.807) is 0 Å². The SMILES string of the molecule is O=C(NCC(O)(c1cccs1)C1CC1)c1ccc(F)cc1F. The monoisotopic (exact) mass is 323 g/mol. The molecule has 1 unspecified atom stereocenters. The van der Waals surface area contributed by atoms with Gasteiger partial charge in [0.25, 0.3) is 5.91 Å². The maximum Gasteiger partial charge on any atom is 0.254 e. The molecule has 0 aliphatic heterocycles. The van der Waals surface area contributed by atoms with Crippen molar-refractivity contribution in [1.29, 1.82) is 0 Å². The number of nitrogens with one attached hydrogen (secondary N) is 1. The molecule has 1 aromatic heterocycles. The fourth-order valence-electron chi connectivity index (χ4n) is 2.50. The number of thiophene rings is 1. The standard InChI is InChI=1S/C16H15F2NO2S/c17-11-5-6-12(13(18)8-11)15(20)19-9-16(21,10-3-4-10)14-2-1-7-22-14/h1-2,5-8,10,21H,3-4,9H2,(H,19,20). The third-order valence-electron chi connectivity index (χ3n) is 3.89. The van der Waals surface area contributed by atoms with Crippen molar-refractivity contribution in [2.45, 2.75) is 18.4 Å². The van der Waals surface area contributed by atoms with E-state index in [0.717, 1.165) is 29.9 Å². The Morgan fingerprint density at radius 1 is 1.36 bits per heavy atom. The molecule has 0 radical (unpaired) electrons. The topological polar surface area (TPSA) is 49.3 Å². The molecule has 116 valence electrons. The molecule has 0 spiro atoms.